The highest BCUT2D eigenvalue weighted by atomic mass is 32.2. The van der Waals surface area contributed by atoms with Crippen molar-refractivity contribution < 1.29 is 8.42 Å². The summed E-state index contributed by atoms with van der Waals surface area (Å²) in [5, 5.41) is 11.5. The largest absolute Gasteiger partial charge is 0.386 e. The second kappa shape index (κ2) is 4.69. The highest BCUT2D eigenvalue weighted by Gasteiger charge is 2.36. The zero-order valence-corrected chi connectivity index (χ0v) is 11.0. The third kappa shape index (κ3) is 2.13. The topological polar surface area (TPSA) is 105 Å². The number of aryl methyl sites for hydroxylation is 1. The van der Waals surface area contributed by atoms with Crippen LogP contribution in [0.3, 0.4) is 0 Å². The Labute approximate surface area is 106 Å². The molecule has 1 unspecified atom stereocenters. The molecule has 0 saturated carbocycles. The van der Waals surface area contributed by atoms with E-state index in [2.05, 4.69) is 5.10 Å². The van der Waals surface area contributed by atoms with Crippen molar-refractivity contribution in [3.8, 4) is 0 Å². The molecule has 1 atom stereocenters. The second-order valence-corrected chi connectivity index (χ2v) is 6.21. The molecule has 1 aromatic heterocycles. The van der Waals surface area contributed by atoms with E-state index < -0.39 is 16.1 Å². The molecule has 8 heteroatoms. The van der Waals surface area contributed by atoms with Gasteiger partial charge in [-0.3, -0.25) is 10.1 Å². The van der Waals surface area contributed by atoms with Gasteiger partial charge in [0.15, 0.2) is 5.03 Å². The summed E-state index contributed by atoms with van der Waals surface area (Å²) in [7, 11) is -2.05. The molecule has 0 radical (unpaired) electrons. The molecule has 2 rings (SSSR count). The van der Waals surface area contributed by atoms with Gasteiger partial charge in [0.25, 0.3) is 10.0 Å². The van der Waals surface area contributed by atoms with E-state index in [1.165, 1.54) is 21.3 Å². The number of sulfonamides is 1. The Bertz CT molecular complexity index is 550. The molecule has 1 aromatic rings. The van der Waals surface area contributed by atoms with Crippen molar-refractivity contribution >= 4 is 15.9 Å². The highest BCUT2D eigenvalue weighted by molar-refractivity contribution is 7.89. The lowest BCUT2D eigenvalue weighted by molar-refractivity contribution is 0.301. The number of nitrogens with zero attached hydrogens (tertiary/aromatic N) is 3. The Kier molecular flexibility index (Phi) is 3.40. The predicted molar refractivity (Wildman–Crippen MR) is 66.7 cm³/mol. The van der Waals surface area contributed by atoms with E-state index in [0.717, 1.165) is 12.8 Å². The second-order valence-electron chi connectivity index (χ2n) is 4.38. The maximum absolute atomic E-state index is 12.5. The average Bonchev–Trinajstić information content (AvgIpc) is 2.76. The first kappa shape index (κ1) is 13.0. The first-order chi connectivity index (χ1) is 8.44. The third-order valence-corrected chi connectivity index (χ3v) is 5.15. The van der Waals surface area contributed by atoms with Crippen molar-refractivity contribution in [2.45, 2.75) is 30.3 Å². The Balaban J connectivity index is 2.39. The first-order valence-electron chi connectivity index (χ1n) is 5.78. The van der Waals surface area contributed by atoms with Gasteiger partial charge in [0.1, 0.15) is 5.84 Å². The van der Waals surface area contributed by atoms with Crippen LogP contribution >= 0.6 is 0 Å². The van der Waals surface area contributed by atoms with E-state index in [0.29, 0.717) is 13.0 Å². The molecular weight excluding hydrogens is 254 g/mol. The Morgan fingerprint density at radius 1 is 1.56 bits per heavy atom. The summed E-state index contributed by atoms with van der Waals surface area (Å²) in [4.78, 5) is 0. The maximum atomic E-state index is 12.5. The van der Waals surface area contributed by atoms with Crippen LogP contribution < -0.4 is 5.73 Å². The normalized spacial score (nSPS) is 21.9. The van der Waals surface area contributed by atoms with E-state index >= 15 is 0 Å². The summed E-state index contributed by atoms with van der Waals surface area (Å²) in [5.74, 6) is -0.0968. The molecule has 7 nitrogen and oxygen atoms in total. The monoisotopic (exact) mass is 271 g/mol. The van der Waals surface area contributed by atoms with Gasteiger partial charge >= 0.3 is 0 Å². The zero-order chi connectivity index (χ0) is 13.3. The molecule has 0 aliphatic carbocycles. The number of nitrogens with two attached hydrogens (primary N) is 1. The number of hydrogen-bond acceptors (Lipinski definition) is 4. The van der Waals surface area contributed by atoms with Gasteiger partial charge in [-0.2, -0.15) is 9.40 Å². The fourth-order valence-electron chi connectivity index (χ4n) is 2.24. The first-order valence-corrected chi connectivity index (χ1v) is 7.22. The number of piperidine rings is 1. The molecule has 0 spiro atoms. The SMILES string of the molecule is Cn1nccc1S(=O)(=O)N1CCCCC1C(=N)N. The van der Waals surface area contributed by atoms with Crippen LogP contribution in [0.5, 0.6) is 0 Å². The highest BCUT2D eigenvalue weighted by Crippen LogP contribution is 2.24. The minimum absolute atomic E-state index is 0.0968. The summed E-state index contributed by atoms with van der Waals surface area (Å²) < 4.78 is 27.6. The lowest BCUT2D eigenvalue weighted by atomic mass is 10.0. The van der Waals surface area contributed by atoms with Crippen LogP contribution in [-0.2, 0) is 17.1 Å². The van der Waals surface area contributed by atoms with Gasteiger partial charge in [0.05, 0.1) is 12.2 Å². The van der Waals surface area contributed by atoms with E-state index in [-0.39, 0.29) is 10.9 Å². The molecule has 0 amide bonds. The fraction of sp³-hybridized carbons (Fsp3) is 0.600. The lowest BCUT2D eigenvalue weighted by Crippen LogP contribution is -2.50. The standard InChI is InChI=1S/C10H17N5O2S/c1-14-9(5-6-13-14)18(16,17)15-7-3-2-4-8(15)10(11)12/h5-6,8H,2-4,7H2,1H3,(H3,11,12). The molecular formula is C10H17N5O2S. The molecule has 1 saturated heterocycles. The van der Waals surface area contributed by atoms with Crippen LogP contribution in [-0.4, -0.2) is 40.9 Å². The average molecular weight is 271 g/mol. The van der Waals surface area contributed by atoms with Crippen LogP contribution in [0.25, 0.3) is 0 Å². The van der Waals surface area contributed by atoms with E-state index in [9.17, 15) is 8.42 Å². The molecule has 1 fully saturated rings. The van der Waals surface area contributed by atoms with Crippen molar-refractivity contribution in [1.29, 1.82) is 5.41 Å². The Hall–Kier alpha value is -1.41. The summed E-state index contributed by atoms with van der Waals surface area (Å²) in [6.07, 6.45) is 3.73. The minimum Gasteiger partial charge on any atom is -0.386 e. The number of rotatable bonds is 3. The van der Waals surface area contributed by atoms with E-state index in [1.54, 1.807) is 7.05 Å². The van der Waals surface area contributed by atoms with Crippen molar-refractivity contribution in [2.75, 3.05) is 6.54 Å². The fourth-order valence-corrected chi connectivity index (χ4v) is 4.02. The Morgan fingerprint density at radius 2 is 2.28 bits per heavy atom. The summed E-state index contributed by atoms with van der Waals surface area (Å²) >= 11 is 0. The van der Waals surface area contributed by atoms with Gasteiger partial charge in [0.2, 0.25) is 0 Å². The number of amidine groups is 1. The summed E-state index contributed by atoms with van der Waals surface area (Å²) in [5.41, 5.74) is 5.50. The zero-order valence-electron chi connectivity index (χ0n) is 10.2. The van der Waals surface area contributed by atoms with Gasteiger partial charge in [-0.05, 0) is 18.9 Å². The molecule has 3 N–H and O–H groups in total. The summed E-state index contributed by atoms with van der Waals surface area (Å²) in [6, 6.07) is 0.930. The van der Waals surface area contributed by atoms with Gasteiger partial charge in [-0.25, -0.2) is 8.42 Å². The van der Waals surface area contributed by atoms with Crippen molar-refractivity contribution in [3.63, 3.8) is 0 Å². The summed E-state index contributed by atoms with van der Waals surface area (Å²) in [6.45, 7) is 0.401. The number of aromatic nitrogens is 2. The molecule has 1 aliphatic rings. The van der Waals surface area contributed by atoms with Crippen LogP contribution in [0.2, 0.25) is 0 Å². The molecule has 0 bridgehead atoms. The van der Waals surface area contributed by atoms with Crippen molar-refractivity contribution in [1.82, 2.24) is 14.1 Å². The molecule has 1 aliphatic heterocycles. The molecule has 2 heterocycles. The van der Waals surface area contributed by atoms with Gasteiger partial charge in [-0.15, -0.1) is 0 Å². The van der Waals surface area contributed by atoms with E-state index in [1.807, 2.05) is 0 Å². The minimum atomic E-state index is -3.63. The van der Waals surface area contributed by atoms with E-state index in [4.69, 9.17) is 11.1 Å². The molecule has 0 aromatic carbocycles. The Morgan fingerprint density at radius 3 is 2.83 bits per heavy atom. The number of nitrogens with one attached hydrogen (secondary N) is 1. The third-order valence-electron chi connectivity index (χ3n) is 3.16. The van der Waals surface area contributed by atoms with Crippen molar-refractivity contribution in [2.24, 2.45) is 12.8 Å². The van der Waals surface area contributed by atoms with Gasteiger partial charge in [0, 0.05) is 13.6 Å². The molecule has 100 valence electrons. The van der Waals surface area contributed by atoms with Crippen LogP contribution in [0.1, 0.15) is 19.3 Å². The smallest absolute Gasteiger partial charge is 0.260 e. The van der Waals surface area contributed by atoms with Crippen LogP contribution in [0.15, 0.2) is 17.3 Å². The van der Waals surface area contributed by atoms with Crippen LogP contribution in [0.4, 0.5) is 0 Å². The van der Waals surface area contributed by atoms with Gasteiger partial charge in [-0.1, -0.05) is 6.42 Å². The predicted octanol–water partition coefficient (Wildman–Crippen LogP) is -0.101. The maximum Gasteiger partial charge on any atom is 0.260 e. The quantitative estimate of drug-likeness (QED) is 0.591. The van der Waals surface area contributed by atoms with Crippen molar-refractivity contribution in [3.05, 3.63) is 12.3 Å². The number of hydrogen-bond donors (Lipinski definition) is 2. The van der Waals surface area contributed by atoms with Gasteiger partial charge < -0.3 is 5.73 Å². The van der Waals surface area contributed by atoms with Crippen LogP contribution in [0, 0.1) is 5.41 Å². The molecule has 18 heavy (non-hydrogen) atoms. The lowest BCUT2D eigenvalue weighted by Gasteiger charge is -2.33.